The predicted molar refractivity (Wildman–Crippen MR) is 75.0 cm³/mol. The first kappa shape index (κ1) is 14.1. The lowest BCUT2D eigenvalue weighted by Crippen LogP contribution is -2.35. The van der Waals surface area contributed by atoms with Gasteiger partial charge in [-0.05, 0) is 31.1 Å². The molecular formula is C14H27N3. The molecule has 1 saturated carbocycles. The summed E-state index contributed by atoms with van der Waals surface area (Å²) in [5.41, 5.74) is 7.16. The van der Waals surface area contributed by atoms with Crippen LogP contribution in [0.25, 0.3) is 0 Å². The van der Waals surface area contributed by atoms with E-state index in [1.807, 2.05) is 6.92 Å². The van der Waals surface area contributed by atoms with Crippen LogP contribution >= 0.6 is 0 Å². The fourth-order valence-electron chi connectivity index (χ4n) is 2.42. The van der Waals surface area contributed by atoms with Gasteiger partial charge in [-0.2, -0.15) is 0 Å². The van der Waals surface area contributed by atoms with E-state index in [0.717, 1.165) is 18.0 Å². The molecule has 0 aromatic carbocycles. The van der Waals surface area contributed by atoms with Crippen LogP contribution in [0.4, 0.5) is 0 Å². The van der Waals surface area contributed by atoms with Gasteiger partial charge in [-0.15, -0.1) is 0 Å². The highest BCUT2D eigenvalue weighted by Gasteiger charge is 2.31. The second kappa shape index (κ2) is 6.08. The highest BCUT2D eigenvalue weighted by atomic mass is 15.1. The average Bonchev–Trinajstić information content (AvgIpc) is 2.77. The molecule has 1 aliphatic rings. The summed E-state index contributed by atoms with van der Waals surface area (Å²) in [5, 5.41) is 3.07. The van der Waals surface area contributed by atoms with Gasteiger partial charge in [0.2, 0.25) is 0 Å². The lowest BCUT2D eigenvalue weighted by atomic mass is 9.78. The minimum atomic E-state index is 0.270. The SMILES string of the molecule is C=C(C)CNC(N)=NCC(C)(C)C1CCCC1. The van der Waals surface area contributed by atoms with Gasteiger partial charge in [-0.25, -0.2) is 0 Å². The van der Waals surface area contributed by atoms with Crippen molar-refractivity contribution in [2.24, 2.45) is 22.1 Å². The maximum atomic E-state index is 5.83. The van der Waals surface area contributed by atoms with Crippen molar-refractivity contribution in [2.75, 3.05) is 13.1 Å². The Morgan fingerprint density at radius 1 is 1.41 bits per heavy atom. The molecule has 0 unspecified atom stereocenters. The van der Waals surface area contributed by atoms with Crippen molar-refractivity contribution >= 4 is 5.96 Å². The first-order valence-electron chi connectivity index (χ1n) is 6.60. The molecule has 0 bridgehead atoms. The molecular weight excluding hydrogens is 210 g/mol. The van der Waals surface area contributed by atoms with Crippen LogP contribution in [0.3, 0.4) is 0 Å². The van der Waals surface area contributed by atoms with E-state index in [9.17, 15) is 0 Å². The molecule has 0 radical (unpaired) electrons. The molecule has 0 aromatic rings. The van der Waals surface area contributed by atoms with Crippen molar-refractivity contribution in [2.45, 2.75) is 46.5 Å². The smallest absolute Gasteiger partial charge is 0.188 e. The van der Waals surface area contributed by atoms with Gasteiger partial charge in [-0.1, -0.05) is 38.8 Å². The van der Waals surface area contributed by atoms with Crippen LogP contribution in [-0.2, 0) is 0 Å². The summed E-state index contributed by atoms with van der Waals surface area (Å²) >= 11 is 0. The van der Waals surface area contributed by atoms with E-state index < -0.39 is 0 Å². The average molecular weight is 237 g/mol. The largest absolute Gasteiger partial charge is 0.370 e. The fourth-order valence-corrected chi connectivity index (χ4v) is 2.42. The number of nitrogens with two attached hydrogens (primary N) is 1. The van der Waals surface area contributed by atoms with Gasteiger partial charge < -0.3 is 11.1 Å². The van der Waals surface area contributed by atoms with Gasteiger partial charge in [0, 0.05) is 13.1 Å². The fraction of sp³-hybridized carbons (Fsp3) is 0.786. The van der Waals surface area contributed by atoms with E-state index in [1.165, 1.54) is 25.7 Å². The van der Waals surface area contributed by atoms with Crippen LogP contribution in [0.1, 0.15) is 46.5 Å². The molecule has 1 aliphatic carbocycles. The standard InChI is InChI=1S/C14H27N3/c1-11(2)9-16-13(15)17-10-14(3,4)12-7-5-6-8-12/h12H,1,5-10H2,2-4H3,(H3,15,16,17). The Hall–Kier alpha value is -0.990. The number of guanidine groups is 1. The Balaban J connectivity index is 2.41. The van der Waals surface area contributed by atoms with Gasteiger partial charge in [0.25, 0.3) is 0 Å². The van der Waals surface area contributed by atoms with E-state index in [-0.39, 0.29) is 5.41 Å². The highest BCUT2D eigenvalue weighted by Crippen LogP contribution is 2.39. The Bertz CT molecular complexity index is 286. The molecule has 0 spiro atoms. The van der Waals surface area contributed by atoms with Gasteiger partial charge in [0.05, 0.1) is 0 Å². The molecule has 98 valence electrons. The molecule has 3 heteroatoms. The van der Waals surface area contributed by atoms with Crippen molar-refractivity contribution in [3.05, 3.63) is 12.2 Å². The first-order chi connectivity index (χ1) is 7.92. The highest BCUT2D eigenvalue weighted by molar-refractivity contribution is 5.78. The zero-order valence-electron chi connectivity index (χ0n) is 11.6. The van der Waals surface area contributed by atoms with Crippen LogP contribution in [-0.4, -0.2) is 19.0 Å². The van der Waals surface area contributed by atoms with E-state index in [2.05, 4.69) is 30.7 Å². The van der Waals surface area contributed by atoms with Crippen molar-refractivity contribution in [1.29, 1.82) is 0 Å². The minimum Gasteiger partial charge on any atom is -0.370 e. The molecule has 0 saturated heterocycles. The predicted octanol–water partition coefficient (Wildman–Crippen LogP) is 2.68. The van der Waals surface area contributed by atoms with Crippen molar-refractivity contribution in [3.63, 3.8) is 0 Å². The third-order valence-corrected chi connectivity index (χ3v) is 3.69. The molecule has 3 nitrogen and oxygen atoms in total. The molecule has 0 atom stereocenters. The van der Waals surface area contributed by atoms with Crippen LogP contribution in [0, 0.1) is 11.3 Å². The number of aliphatic imine (C=N–C) groups is 1. The number of rotatable bonds is 5. The summed E-state index contributed by atoms with van der Waals surface area (Å²) < 4.78 is 0. The van der Waals surface area contributed by atoms with Gasteiger partial charge in [0.1, 0.15) is 0 Å². The van der Waals surface area contributed by atoms with E-state index >= 15 is 0 Å². The first-order valence-corrected chi connectivity index (χ1v) is 6.60. The van der Waals surface area contributed by atoms with Crippen molar-refractivity contribution < 1.29 is 0 Å². The molecule has 0 aliphatic heterocycles. The van der Waals surface area contributed by atoms with Crippen LogP contribution in [0.15, 0.2) is 17.1 Å². The topological polar surface area (TPSA) is 50.4 Å². The zero-order chi connectivity index (χ0) is 12.9. The molecule has 17 heavy (non-hydrogen) atoms. The molecule has 1 fully saturated rings. The normalized spacial score (nSPS) is 18.4. The summed E-state index contributed by atoms with van der Waals surface area (Å²) in [6.07, 6.45) is 5.45. The van der Waals surface area contributed by atoms with Crippen molar-refractivity contribution in [1.82, 2.24) is 5.32 Å². The second-order valence-electron chi connectivity index (χ2n) is 5.98. The maximum absolute atomic E-state index is 5.83. The van der Waals surface area contributed by atoms with Crippen LogP contribution in [0.5, 0.6) is 0 Å². The maximum Gasteiger partial charge on any atom is 0.188 e. The summed E-state index contributed by atoms with van der Waals surface area (Å²) in [5.74, 6) is 1.35. The van der Waals surface area contributed by atoms with E-state index in [0.29, 0.717) is 12.5 Å². The molecule has 3 N–H and O–H groups in total. The lowest BCUT2D eigenvalue weighted by molar-refractivity contribution is 0.228. The number of nitrogens with one attached hydrogen (secondary N) is 1. The Kier molecular flexibility index (Phi) is 5.03. The molecule has 0 aromatic heterocycles. The minimum absolute atomic E-state index is 0.270. The zero-order valence-corrected chi connectivity index (χ0v) is 11.6. The summed E-state index contributed by atoms with van der Waals surface area (Å²) in [6.45, 7) is 11.9. The van der Waals surface area contributed by atoms with Crippen molar-refractivity contribution in [3.8, 4) is 0 Å². The molecule has 0 heterocycles. The summed E-state index contributed by atoms with van der Waals surface area (Å²) in [6, 6.07) is 0. The van der Waals surface area contributed by atoms with E-state index in [4.69, 9.17) is 5.73 Å². The number of nitrogens with zero attached hydrogens (tertiary/aromatic N) is 1. The van der Waals surface area contributed by atoms with Gasteiger partial charge >= 0.3 is 0 Å². The Morgan fingerprint density at radius 3 is 2.53 bits per heavy atom. The second-order valence-corrected chi connectivity index (χ2v) is 5.98. The molecule has 1 rings (SSSR count). The lowest BCUT2D eigenvalue weighted by Gasteiger charge is -2.30. The third-order valence-electron chi connectivity index (χ3n) is 3.69. The van der Waals surface area contributed by atoms with Gasteiger partial charge in [0.15, 0.2) is 5.96 Å². The van der Waals surface area contributed by atoms with Gasteiger partial charge in [-0.3, -0.25) is 4.99 Å². The monoisotopic (exact) mass is 237 g/mol. The summed E-state index contributed by atoms with van der Waals surface area (Å²) in [7, 11) is 0. The Labute approximate surface area is 106 Å². The third kappa shape index (κ3) is 4.80. The molecule has 0 amide bonds. The number of hydrogen-bond donors (Lipinski definition) is 2. The van der Waals surface area contributed by atoms with Crippen LogP contribution < -0.4 is 11.1 Å². The Morgan fingerprint density at radius 2 is 2.00 bits per heavy atom. The van der Waals surface area contributed by atoms with E-state index in [1.54, 1.807) is 0 Å². The number of hydrogen-bond acceptors (Lipinski definition) is 1. The summed E-state index contributed by atoms with van der Waals surface area (Å²) in [4.78, 5) is 4.45. The van der Waals surface area contributed by atoms with Crippen LogP contribution in [0.2, 0.25) is 0 Å². The quantitative estimate of drug-likeness (QED) is 0.439.